The van der Waals surface area contributed by atoms with Gasteiger partial charge in [0, 0.05) is 19.2 Å². The summed E-state index contributed by atoms with van der Waals surface area (Å²) < 4.78 is 1.78. The molecule has 1 N–H and O–H groups in total. The summed E-state index contributed by atoms with van der Waals surface area (Å²) in [5, 5.41) is 16.4. The van der Waals surface area contributed by atoms with Crippen LogP contribution in [0.2, 0.25) is 0 Å². The lowest BCUT2D eigenvalue weighted by Crippen LogP contribution is -2.11. The summed E-state index contributed by atoms with van der Waals surface area (Å²) >= 11 is 1.39. The normalized spacial score (nSPS) is 10.3. The maximum atomic E-state index is 12.1. The summed E-state index contributed by atoms with van der Waals surface area (Å²) in [6.45, 7) is 4.46. The van der Waals surface area contributed by atoms with Crippen LogP contribution >= 0.6 is 11.3 Å². The predicted octanol–water partition coefficient (Wildman–Crippen LogP) is 2.90. The number of carbonyl (C=O) groups excluding carboxylic acids is 1. The van der Waals surface area contributed by atoms with Gasteiger partial charge in [-0.1, -0.05) is 0 Å². The number of nitriles is 1. The molecule has 0 bridgehead atoms. The van der Waals surface area contributed by atoms with Crippen molar-refractivity contribution >= 4 is 22.9 Å². The number of hydrogen-bond donors (Lipinski definition) is 1. The minimum Gasteiger partial charge on any atom is -0.319 e. The Labute approximate surface area is 127 Å². The molecule has 0 saturated carbocycles. The van der Waals surface area contributed by atoms with Crippen molar-refractivity contribution in [1.29, 1.82) is 5.26 Å². The highest BCUT2D eigenvalue weighted by molar-refractivity contribution is 7.13. The molecule has 0 spiro atoms. The molecule has 0 aliphatic carbocycles. The van der Waals surface area contributed by atoms with Crippen LogP contribution < -0.4 is 5.32 Å². The van der Waals surface area contributed by atoms with Gasteiger partial charge < -0.3 is 5.32 Å². The Morgan fingerprint density at radius 1 is 1.48 bits per heavy atom. The summed E-state index contributed by atoms with van der Waals surface area (Å²) in [5.74, 6) is -0.151. The minimum absolute atomic E-state index is 0.151. The van der Waals surface area contributed by atoms with Crippen LogP contribution in [0.3, 0.4) is 0 Å². The predicted molar refractivity (Wildman–Crippen MR) is 81.2 cm³/mol. The molecule has 2 rings (SSSR count). The van der Waals surface area contributed by atoms with Gasteiger partial charge in [-0.15, -0.1) is 11.3 Å². The molecule has 0 atom stereocenters. The van der Waals surface area contributed by atoms with E-state index in [0.717, 1.165) is 30.1 Å². The number of aryl methyl sites for hydroxylation is 3. The van der Waals surface area contributed by atoms with E-state index < -0.39 is 0 Å². The van der Waals surface area contributed by atoms with Gasteiger partial charge in [-0.05, 0) is 26.7 Å². The second kappa shape index (κ2) is 6.99. The molecule has 0 saturated heterocycles. The van der Waals surface area contributed by atoms with E-state index in [1.54, 1.807) is 17.1 Å². The average Bonchev–Trinajstić information content (AvgIpc) is 3.01. The Morgan fingerprint density at radius 2 is 2.29 bits per heavy atom. The molecule has 6 nitrogen and oxygen atoms in total. The molecule has 0 fully saturated rings. The third-order valence-corrected chi connectivity index (χ3v) is 4.00. The Balaban J connectivity index is 1.92. The lowest BCUT2D eigenvalue weighted by Gasteiger charge is -2.01. The molecule has 21 heavy (non-hydrogen) atoms. The highest BCUT2D eigenvalue weighted by Crippen LogP contribution is 2.18. The fourth-order valence-electron chi connectivity index (χ4n) is 1.96. The van der Waals surface area contributed by atoms with E-state index in [0.29, 0.717) is 17.0 Å². The second-order valence-corrected chi connectivity index (χ2v) is 5.91. The molecule has 0 aromatic carbocycles. The maximum Gasteiger partial charge on any atom is 0.267 e. The van der Waals surface area contributed by atoms with Gasteiger partial charge in [-0.2, -0.15) is 10.4 Å². The van der Waals surface area contributed by atoms with Crippen LogP contribution in [-0.2, 0) is 6.54 Å². The fourth-order valence-corrected chi connectivity index (χ4v) is 2.77. The first-order chi connectivity index (χ1) is 10.1. The lowest BCUT2D eigenvalue weighted by molar-refractivity contribution is 0.103. The summed E-state index contributed by atoms with van der Waals surface area (Å²) in [4.78, 5) is 17.0. The quantitative estimate of drug-likeness (QED) is 0.832. The summed E-state index contributed by atoms with van der Waals surface area (Å²) in [6.07, 6.45) is 5.75. The smallest absolute Gasteiger partial charge is 0.267 e. The summed E-state index contributed by atoms with van der Waals surface area (Å²) in [7, 11) is 0. The average molecular weight is 303 g/mol. The van der Waals surface area contributed by atoms with Gasteiger partial charge in [0.15, 0.2) is 0 Å². The van der Waals surface area contributed by atoms with Gasteiger partial charge in [0.05, 0.1) is 28.7 Å². The first-order valence-electron chi connectivity index (χ1n) is 6.75. The first-order valence-corrected chi connectivity index (χ1v) is 7.56. The number of nitrogens with one attached hydrogen (secondary N) is 1. The van der Waals surface area contributed by atoms with Crippen LogP contribution in [0.15, 0.2) is 12.4 Å². The molecule has 7 heteroatoms. The van der Waals surface area contributed by atoms with Gasteiger partial charge in [-0.25, -0.2) is 4.98 Å². The molecule has 1 amide bonds. The van der Waals surface area contributed by atoms with Crippen LogP contribution in [0.1, 0.15) is 39.6 Å². The van der Waals surface area contributed by atoms with Crippen LogP contribution in [0.5, 0.6) is 0 Å². The van der Waals surface area contributed by atoms with Crippen molar-refractivity contribution in [1.82, 2.24) is 14.8 Å². The van der Waals surface area contributed by atoms with E-state index in [9.17, 15) is 4.79 Å². The molecule has 0 radical (unpaired) electrons. The Kier molecular flexibility index (Phi) is 5.06. The van der Waals surface area contributed by atoms with Crippen molar-refractivity contribution in [3.8, 4) is 6.07 Å². The Bertz CT molecular complexity index is 667. The SMILES string of the molecule is Cc1nc(C)c(C(=O)Nc2cnn(CCCCC#N)c2)s1. The van der Waals surface area contributed by atoms with Crippen molar-refractivity contribution in [3.63, 3.8) is 0 Å². The van der Waals surface area contributed by atoms with Crippen LogP contribution in [-0.4, -0.2) is 20.7 Å². The first kappa shape index (κ1) is 15.2. The van der Waals surface area contributed by atoms with Crippen molar-refractivity contribution in [2.45, 2.75) is 39.7 Å². The third-order valence-electron chi connectivity index (χ3n) is 2.93. The number of aromatic nitrogens is 3. The zero-order chi connectivity index (χ0) is 15.2. The van der Waals surface area contributed by atoms with Gasteiger partial charge >= 0.3 is 0 Å². The van der Waals surface area contributed by atoms with Crippen molar-refractivity contribution in [2.75, 3.05) is 5.32 Å². The standard InChI is InChI=1S/C14H17N5OS/c1-10-13(21-11(2)17-10)14(20)18-12-8-16-19(9-12)7-5-3-4-6-15/h8-9H,3-5,7H2,1-2H3,(H,18,20). The Morgan fingerprint density at radius 3 is 2.95 bits per heavy atom. The van der Waals surface area contributed by atoms with E-state index in [2.05, 4.69) is 21.5 Å². The second-order valence-electron chi connectivity index (χ2n) is 4.71. The third kappa shape index (κ3) is 4.13. The summed E-state index contributed by atoms with van der Waals surface area (Å²) in [5.41, 5.74) is 1.42. The van der Waals surface area contributed by atoms with Crippen LogP contribution in [0, 0.1) is 25.2 Å². The topological polar surface area (TPSA) is 83.6 Å². The molecule has 2 heterocycles. The zero-order valence-electron chi connectivity index (χ0n) is 12.1. The van der Waals surface area contributed by atoms with Crippen molar-refractivity contribution in [3.05, 3.63) is 28.0 Å². The largest absolute Gasteiger partial charge is 0.319 e. The highest BCUT2D eigenvalue weighted by atomic mass is 32.1. The molecule has 2 aromatic rings. The monoisotopic (exact) mass is 303 g/mol. The van der Waals surface area contributed by atoms with E-state index in [4.69, 9.17) is 5.26 Å². The molecular weight excluding hydrogens is 286 g/mol. The van der Waals surface area contributed by atoms with E-state index in [1.165, 1.54) is 11.3 Å². The Hall–Kier alpha value is -2.20. The number of amides is 1. The van der Waals surface area contributed by atoms with Crippen LogP contribution in [0.4, 0.5) is 5.69 Å². The van der Waals surface area contributed by atoms with Crippen molar-refractivity contribution < 1.29 is 4.79 Å². The fraction of sp³-hybridized carbons (Fsp3) is 0.429. The van der Waals surface area contributed by atoms with Crippen molar-refractivity contribution in [2.24, 2.45) is 0 Å². The minimum atomic E-state index is -0.151. The van der Waals surface area contributed by atoms with Gasteiger partial charge in [0.1, 0.15) is 4.88 Å². The van der Waals surface area contributed by atoms with E-state index in [1.807, 2.05) is 13.8 Å². The molecule has 0 aliphatic rings. The van der Waals surface area contributed by atoms with Gasteiger partial charge in [0.2, 0.25) is 0 Å². The molecule has 0 unspecified atom stereocenters. The van der Waals surface area contributed by atoms with Gasteiger partial charge in [0.25, 0.3) is 5.91 Å². The number of thiazole rings is 1. The van der Waals surface area contributed by atoms with Crippen LogP contribution in [0.25, 0.3) is 0 Å². The number of rotatable bonds is 6. The lowest BCUT2D eigenvalue weighted by atomic mass is 10.2. The molecule has 110 valence electrons. The molecule has 0 aliphatic heterocycles. The number of hydrogen-bond acceptors (Lipinski definition) is 5. The molecule has 2 aromatic heterocycles. The number of carbonyl (C=O) groups is 1. The molecular formula is C14H17N5OS. The van der Waals surface area contributed by atoms with Gasteiger partial charge in [-0.3, -0.25) is 9.48 Å². The number of unbranched alkanes of at least 4 members (excludes halogenated alkanes) is 2. The number of anilines is 1. The zero-order valence-corrected chi connectivity index (χ0v) is 12.9. The van der Waals surface area contributed by atoms with E-state index >= 15 is 0 Å². The summed E-state index contributed by atoms with van der Waals surface area (Å²) in [6, 6.07) is 2.12. The number of nitrogens with zero attached hydrogens (tertiary/aromatic N) is 4. The maximum absolute atomic E-state index is 12.1. The van der Waals surface area contributed by atoms with E-state index in [-0.39, 0.29) is 5.91 Å². The highest BCUT2D eigenvalue weighted by Gasteiger charge is 2.14.